The van der Waals surface area contributed by atoms with Crippen LogP contribution in [0.3, 0.4) is 0 Å². The Bertz CT molecular complexity index is 1570. The summed E-state index contributed by atoms with van der Waals surface area (Å²) in [6.07, 6.45) is 13.2. The van der Waals surface area contributed by atoms with E-state index in [1.165, 1.54) is 24.5 Å². The number of fused-ring (bicyclic) bond motifs is 1. The van der Waals surface area contributed by atoms with Crippen molar-refractivity contribution in [3.8, 4) is 35.2 Å². The molecule has 3 aromatic heterocycles. The van der Waals surface area contributed by atoms with E-state index < -0.39 is 23.2 Å². The van der Waals surface area contributed by atoms with E-state index in [0.29, 0.717) is 41.2 Å². The van der Waals surface area contributed by atoms with Crippen molar-refractivity contribution in [1.29, 1.82) is 0 Å². The number of aliphatic hydroxyl groups excluding tert-OH is 1. The zero-order valence-electron chi connectivity index (χ0n) is 21.6. The first-order chi connectivity index (χ1) is 18.8. The van der Waals surface area contributed by atoms with Gasteiger partial charge in [0, 0.05) is 12.1 Å². The Morgan fingerprint density at radius 3 is 2.54 bits per heavy atom. The highest BCUT2D eigenvalue weighted by Crippen LogP contribution is 2.50. The Morgan fingerprint density at radius 2 is 1.85 bits per heavy atom. The molecule has 4 aromatic rings. The molecule has 2 aliphatic rings. The quantitative estimate of drug-likeness (QED) is 0.318. The van der Waals surface area contributed by atoms with E-state index in [0.717, 1.165) is 12.8 Å². The van der Waals surface area contributed by atoms with Gasteiger partial charge in [0.05, 0.1) is 34.3 Å². The topological polar surface area (TPSA) is 97.8 Å². The molecule has 1 fully saturated rings. The summed E-state index contributed by atoms with van der Waals surface area (Å²) in [5, 5.41) is 19.3. The van der Waals surface area contributed by atoms with Crippen molar-refractivity contribution in [2.45, 2.75) is 57.0 Å². The number of terminal acetylenes is 1. The van der Waals surface area contributed by atoms with Crippen molar-refractivity contribution in [3.63, 3.8) is 0 Å². The van der Waals surface area contributed by atoms with Crippen molar-refractivity contribution in [2.75, 3.05) is 0 Å². The second kappa shape index (κ2) is 9.62. The van der Waals surface area contributed by atoms with Crippen molar-refractivity contribution in [1.82, 2.24) is 25.1 Å². The van der Waals surface area contributed by atoms with Crippen LogP contribution >= 0.6 is 0 Å². The number of aliphatic hydroxyl groups is 1. The van der Waals surface area contributed by atoms with E-state index in [4.69, 9.17) is 15.8 Å². The molecule has 1 aromatic carbocycles. The van der Waals surface area contributed by atoms with Crippen LogP contribution in [-0.4, -0.2) is 30.3 Å². The van der Waals surface area contributed by atoms with E-state index in [1.807, 2.05) is 0 Å². The third kappa shape index (κ3) is 4.20. The van der Waals surface area contributed by atoms with Crippen LogP contribution in [0.2, 0.25) is 0 Å². The third-order valence-corrected chi connectivity index (χ3v) is 8.06. The third-order valence-electron chi connectivity index (χ3n) is 8.06. The van der Waals surface area contributed by atoms with Crippen LogP contribution in [0.25, 0.3) is 22.8 Å². The highest BCUT2D eigenvalue weighted by molar-refractivity contribution is 5.63. The molecule has 0 unspecified atom stereocenters. The maximum atomic E-state index is 14.6. The fourth-order valence-electron chi connectivity index (χ4n) is 5.69. The van der Waals surface area contributed by atoms with Crippen molar-refractivity contribution in [3.05, 3.63) is 77.2 Å². The lowest BCUT2D eigenvalue weighted by Gasteiger charge is -2.42. The molecule has 0 aliphatic heterocycles. The number of oxazole rings is 1. The fraction of sp³-hybridized carbons (Fsp3) is 0.367. The highest BCUT2D eigenvalue weighted by atomic mass is 19.1. The predicted molar refractivity (Wildman–Crippen MR) is 139 cm³/mol. The van der Waals surface area contributed by atoms with E-state index >= 15 is 0 Å². The van der Waals surface area contributed by atoms with Crippen LogP contribution in [0.15, 0.2) is 47.3 Å². The molecule has 0 saturated heterocycles. The molecule has 1 N–H and O–H groups in total. The normalized spacial score (nSPS) is 21.4. The summed E-state index contributed by atoms with van der Waals surface area (Å²) < 4.78 is 34.9. The van der Waals surface area contributed by atoms with E-state index in [1.54, 1.807) is 18.5 Å². The lowest BCUT2D eigenvalue weighted by Crippen LogP contribution is -2.40. The number of hydrogen-bond acceptors (Lipinski definition) is 7. The van der Waals surface area contributed by atoms with Gasteiger partial charge in [-0.15, -0.1) is 11.5 Å². The predicted octanol–water partition coefficient (Wildman–Crippen LogP) is 5.76. The first-order valence-corrected chi connectivity index (χ1v) is 13.1. The molecule has 0 radical (unpaired) electrons. The molecular weight excluding hydrogens is 500 g/mol. The van der Waals surface area contributed by atoms with Gasteiger partial charge in [-0.3, -0.25) is 4.98 Å². The van der Waals surface area contributed by atoms with Crippen molar-refractivity contribution < 1.29 is 18.3 Å². The molecule has 198 valence electrons. The van der Waals surface area contributed by atoms with Gasteiger partial charge in [0.2, 0.25) is 5.89 Å². The Hall–Kier alpha value is -4.03. The van der Waals surface area contributed by atoms with E-state index in [2.05, 4.69) is 39.9 Å². The summed E-state index contributed by atoms with van der Waals surface area (Å²) in [7, 11) is 0. The van der Waals surface area contributed by atoms with Gasteiger partial charge in [-0.2, -0.15) is 5.10 Å². The number of halogens is 2. The molecule has 3 atom stereocenters. The fourth-order valence-corrected chi connectivity index (χ4v) is 5.69. The largest absolute Gasteiger partial charge is 0.443 e. The van der Waals surface area contributed by atoms with Gasteiger partial charge in [-0.05, 0) is 61.3 Å². The Balaban J connectivity index is 1.46. The van der Waals surface area contributed by atoms with Crippen molar-refractivity contribution >= 4 is 0 Å². The van der Waals surface area contributed by atoms with Gasteiger partial charge in [0.15, 0.2) is 0 Å². The summed E-state index contributed by atoms with van der Waals surface area (Å²) in [5.74, 6) is 1.57. The lowest BCUT2D eigenvalue weighted by atomic mass is 9.62. The van der Waals surface area contributed by atoms with Crippen LogP contribution in [0.4, 0.5) is 8.78 Å². The Morgan fingerprint density at radius 1 is 1.08 bits per heavy atom. The summed E-state index contributed by atoms with van der Waals surface area (Å²) in [6, 6.07) is 5.34. The number of nitrogens with zero attached hydrogens (tertiary/aromatic N) is 5. The molecule has 0 bridgehead atoms. The summed E-state index contributed by atoms with van der Waals surface area (Å²) in [4.78, 5) is 13.8. The Labute approximate surface area is 224 Å². The smallest absolute Gasteiger partial charge is 0.247 e. The zero-order valence-corrected chi connectivity index (χ0v) is 21.6. The lowest BCUT2D eigenvalue weighted by molar-refractivity contribution is 0.149. The molecule has 2 aliphatic carbocycles. The maximum Gasteiger partial charge on any atom is 0.247 e. The van der Waals surface area contributed by atoms with Crippen LogP contribution in [-0.2, 0) is 5.41 Å². The van der Waals surface area contributed by atoms with Gasteiger partial charge in [0.25, 0.3) is 0 Å². The maximum absolute atomic E-state index is 14.6. The number of benzene rings is 1. The second-order valence-electron chi connectivity index (χ2n) is 10.7. The minimum Gasteiger partial charge on any atom is -0.443 e. The van der Waals surface area contributed by atoms with Crippen molar-refractivity contribution in [2.24, 2.45) is 11.8 Å². The first-order valence-electron chi connectivity index (χ1n) is 13.1. The number of rotatable bonds is 6. The average molecular weight is 528 g/mol. The standard InChI is InChI=1S/C30H27F2N5O2/c1-4-17-10-11-30(16(2)3,28-19(17)12-22(36-37-28)26-20(31)6-5-7-21(26)32)25-14-33-13-23(34-25)29-35-24(15-39-29)27(38)18-8-9-18/h1,5-7,12-18,27,38H,8-11H2,2-3H3/t17-,27-,30-/m0/s1. The number of aromatic nitrogens is 5. The van der Waals surface area contributed by atoms with Crippen LogP contribution in [0.5, 0.6) is 0 Å². The molecule has 1 saturated carbocycles. The zero-order chi connectivity index (χ0) is 27.3. The molecular formula is C30H27F2N5O2. The van der Waals surface area contributed by atoms with E-state index in [9.17, 15) is 13.9 Å². The van der Waals surface area contributed by atoms with Crippen LogP contribution in [0.1, 0.15) is 74.2 Å². The monoisotopic (exact) mass is 527 g/mol. The molecule has 39 heavy (non-hydrogen) atoms. The second-order valence-corrected chi connectivity index (χ2v) is 10.7. The molecule has 6 rings (SSSR count). The first kappa shape index (κ1) is 25.3. The molecule has 0 amide bonds. The molecule has 3 heterocycles. The van der Waals surface area contributed by atoms with Gasteiger partial charge in [-0.1, -0.05) is 25.8 Å². The Kier molecular flexibility index (Phi) is 6.23. The van der Waals surface area contributed by atoms with Gasteiger partial charge >= 0.3 is 0 Å². The SMILES string of the molecule is C#C[C@H]1CC[C@@](c2cncc(-c3nc([C@@H](O)C4CC4)co3)n2)(C(C)C)c2nnc(-c3c(F)cccc3F)cc21. The van der Waals surface area contributed by atoms with Gasteiger partial charge in [-0.25, -0.2) is 18.7 Å². The average Bonchev–Trinajstić information content (AvgIpc) is 3.67. The van der Waals surface area contributed by atoms with Crippen LogP contribution in [0, 0.1) is 35.8 Å². The summed E-state index contributed by atoms with van der Waals surface area (Å²) in [5.41, 5.74) is 2.02. The minimum absolute atomic E-state index is 0.00156. The summed E-state index contributed by atoms with van der Waals surface area (Å²) >= 11 is 0. The minimum atomic E-state index is -0.719. The molecule has 0 spiro atoms. The summed E-state index contributed by atoms with van der Waals surface area (Å²) in [6.45, 7) is 4.13. The number of hydrogen-bond donors (Lipinski definition) is 1. The van der Waals surface area contributed by atoms with Gasteiger partial charge in [0.1, 0.15) is 35.4 Å². The highest BCUT2D eigenvalue weighted by Gasteiger charge is 2.47. The molecule has 9 heteroatoms. The van der Waals surface area contributed by atoms with E-state index in [-0.39, 0.29) is 34.9 Å². The van der Waals surface area contributed by atoms with Gasteiger partial charge < -0.3 is 9.52 Å². The van der Waals surface area contributed by atoms with Crippen LogP contribution < -0.4 is 0 Å². The molecule has 7 nitrogen and oxygen atoms in total.